The van der Waals surface area contributed by atoms with Crippen molar-refractivity contribution >= 4 is 23.7 Å². The summed E-state index contributed by atoms with van der Waals surface area (Å²) in [5, 5.41) is 22.1. The number of urea groups is 1. The maximum Gasteiger partial charge on any atom is 0.326 e. The number of nitrogens with one attached hydrogen (secondary N) is 2. The van der Waals surface area contributed by atoms with Crippen LogP contribution in [0.5, 0.6) is 5.75 Å². The summed E-state index contributed by atoms with van der Waals surface area (Å²) in [4.78, 5) is 33.2. The van der Waals surface area contributed by atoms with Crippen LogP contribution in [0.15, 0.2) is 24.3 Å². The lowest BCUT2D eigenvalue weighted by Crippen LogP contribution is -2.43. The molecule has 0 aliphatic rings. The minimum Gasteiger partial charge on any atom is -0.495 e. The molecule has 0 aliphatic carbocycles. The third kappa shape index (κ3) is 5.39. The Bertz CT molecular complexity index is 531. The molecular formula is C13H16N2O6. The van der Waals surface area contributed by atoms with Crippen molar-refractivity contribution in [3.63, 3.8) is 0 Å². The molecule has 21 heavy (non-hydrogen) atoms. The normalized spacial score (nSPS) is 11.3. The zero-order chi connectivity index (χ0) is 15.8. The number of ether oxygens (including phenoxy) is 1. The third-order valence-corrected chi connectivity index (χ3v) is 2.61. The van der Waals surface area contributed by atoms with Crippen molar-refractivity contribution in [2.24, 2.45) is 0 Å². The SMILES string of the molecule is COc1ccccc1NC(=O)NC(CCC(=O)O)C(=O)O. The first-order valence-electron chi connectivity index (χ1n) is 6.09. The lowest BCUT2D eigenvalue weighted by atomic mass is 10.1. The predicted octanol–water partition coefficient (Wildman–Crippen LogP) is 1.13. The molecule has 4 N–H and O–H groups in total. The second-order valence-corrected chi connectivity index (χ2v) is 4.12. The second-order valence-electron chi connectivity index (χ2n) is 4.12. The highest BCUT2D eigenvalue weighted by Crippen LogP contribution is 2.22. The van der Waals surface area contributed by atoms with Crippen molar-refractivity contribution in [3.05, 3.63) is 24.3 Å². The molecule has 0 fully saturated rings. The average molecular weight is 296 g/mol. The minimum absolute atomic E-state index is 0.204. The molecule has 8 nitrogen and oxygen atoms in total. The molecule has 0 saturated carbocycles. The summed E-state index contributed by atoms with van der Waals surface area (Å²) in [6.07, 6.45) is -0.560. The van der Waals surface area contributed by atoms with Crippen LogP contribution in [0.25, 0.3) is 0 Å². The second kappa shape index (κ2) is 7.73. The molecule has 0 spiro atoms. The number of hydrogen-bond acceptors (Lipinski definition) is 4. The van der Waals surface area contributed by atoms with Gasteiger partial charge < -0.3 is 25.6 Å². The summed E-state index contributed by atoms with van der Waals surface area (Å²) in [6, 6.07) is 4.58. The quantitative estimate of drug-likeness (QED) is 0.598. The molecule has 0 aromatic heterocycles. The fraction of sp³-hybridized carbons (Fsp3) is 0.308. The first-order chi connectivity index (χ1) is 9.93. The van der Waals surface area contributed by atoms with Gasteiger partial charge >= 0.3 is 18.0 Å². The Morgan fingerprint density at radius 2 is 1.90 bits per heavy atom. The van der Waals surface area contributed by atoms with E-state index in [0.717, 1.165) is 0 Å². The van der Waals surface area contributed by atoms with Gasteiger partial charge in [-0.2, -0.15) is 0 Å². The Morgan fingerprint density at radius 1 is 1.24 bits per heavy atom. The van der Waals surface area contributed by atoms with Crippen LogP contribution < -0.4 is 15.4 Å². The molecule has 0 heterocycles. The third-order valence-electron chi connectivity index (χ3n) is 2.61. The first kappa shape index (κ1) is 16.3. The summed E-state index contributed by atoms with van der Waals surface area (Å²) >= 11 is 0. The summed E-state index contributed by atoms with van der Waals surface area (Å²) in [5.74, 6) is -2.01. The Labute approximate surface area is 120 Å². The van der Waals surface area contributed by atoms with E-state index in [1.54, 1.807) is 24.3 Å². The molecule has 114 valence electrons. The lowest BCUT2D eigenvalue weighted by Gasteiger charge is -2.15. The van der Waals surface area contributed by atoms with Gasteiger partial charge in [-0.05, 0) is 18.6 Å². The molecule has 0 aliphatic heterocycles. The molecule has 1 atom stereocenters. The molecule has 1 aromatic rings. The van der Waals surface area contributed by atoms with Crippen LogP contribution in [0.3, 0.4) is 0 Å². The van der Waals surface area contributed by atoms with E-state index in [2.05, 4.69) is 10.6 Å². The highest BCUT2D eigenvalue weighted by Gasteiger charge is 2.21. The number of anilines is 1. The highest BCUT2D eigenvalue weighted by molar-refractivity contribution is 5.93. The van der Waals surface area contributed by atoms with Gasteiger partial charge in [0, 0.05) is 6.42 Å². The number of carboxylic acid groups (broad SMARTS) is 2. The average Bonchev–Trinajstić information content (AvgIpc) is 2.43. The van der Waals surface area contributed by atoms with Crippen LogP contribution >= 0.6 is 0 Å². The molecule has 1 aromatic carbocycles. The number of methoxy groups -OCH3 is 1. The Hall–Kier alpha value is -2.77. The van der Waals surface area contributed by atoms with E-state index < -0.39 is 24.0 Å². The molecule has 1 unspecified atom stereocenters. The minimum atomic E-state index is -1.30. The Balaban J connectivity index is 2.65. The largest absolute Gasteiger partial charge is 0.495 e. The summed E-state index contributed by atoms with van der Waals surface area (Å²) in [5.41, 5.74) is 0.375. The van der Waals surface area contributed by atoms with Gasteiger partial charge in [-0.1, -0.05) is 12.1 Å². The number of carboxylic acids is 2. The zero-order valence-corrected chi connectivity index (χ0v) is 11.3. The van der Waals surface area contributed by atoms with E-state index in [9.17, 15) is 14.4 Å². The zero-order valence-electron chi connectivity index (χ0n) is 11.3. The molecule has 0 bridgehead atoms. The number of rotatable bonds is 7. The number of aliphatic carboxylic acids is 2. The van der Waals surface area contributed by atoms with Gasteiger partial charge in [0.05, 0.1) is 12.8 Å². The maximum absolute atomic E-state index is 11.8. The van der Waals surface area contributed by atoms with E-state index >= 15 is 0 Å². The fourth-order valence-corrected chi connectivity index (χ4v) is 1.59. The monoisotopic (exact) mass is 296 g/mol. The number of para-hydroxylation sites is 2. The van der Waals surface area contributed by atoms with E-state index in [1.807, 2.05) is 0 Å². The summed E-state index contributed by atoms with van der Waals surface area (Å²) in [7, 11) is 1.44. The maximum atomic E-state index is 11.8. The lowest BCUT2D eigenvalue weighted by molar-refractivity contribution is -0.140. The van der Waals surface area contributed by atoms with Crippen LogP contribution in [-0.2, 0) is 9.59 Å². The van der Waals surface area contributed by atoms with E-state index in [0.29, 0.717) is 11.4 Å². The van der Waals surface area contributed by atoms with Gasteiger partial charge in [-0.25, -0.2) is 9.59 Å². The smallest absolute Gasteiger partial charge is 0.326 e. The standard InChI is InChI=1S/C13H16N2O6/c1-21-10-5-3-2-4-8(10)14-13(20)15-9(12(18)19)6-7-11(16)17/h2-5,9H,6-7H2,1H3,(H,16,17)(H,18,19)(H2,14,15,20). The molecule has 1 rings (SSSR count). The first-order valence-corrected chi connectivity index (χ1v) is 6.09. The number of benzene rings is 1. The van der Waals surface area contributed by atoms with Crippen LogP contribution in [0, 0.1) is 0 Å². The van der Waals surface area contributed by atoms with Crippen molar-refractivity contribution in [2.45, 2.75) is 18.9 Å². The molecular weight excluding hydrogens is 280 g/mol. The van der Waals surface area contributed by atoms with Crippen molar-refractivity contribution in [1.29, 1.82) is 0 Å². The molecule has 2 amide bonds. The van der Waals surface area contributed by atoms with Crippen molar-refractivity contribution in [2.75, 3.05) is 12.4 Å². The Kier molecular flexibility index (Phi) is 5.99. The van der Waals surface area contributed by atoms with E-state index in [1.165, 1.54) is 7.11 Å². The van der Waals surface area contributed by atoms with Crippen molar-refractivity contribution in [3.8, 4) is 5.75 Å². The summed E-state index contributed by atoms with van der Waals surface area (Å²) in [6.45, 7) is 0. The Morgan fingerprint density at radius 3 is 2.48 bits per heavy atom. The van der Waals surface area contributed by atoms with Crippen molar-refractivity contribution in [1.82, 2.24) is 5.32 Å². The number of amides is 2. The fourth-order valence-electron chi connectivity index (χ4n) is 1.59. The van der Waals surface area contributed by atoms with Crippen LogP contribution in [0.2, 0.25) is 0 Å². The van der Waals surface area contributed by atoms with Crippen molar-refractivity contribution < 1.29 is 29.3 Å². The topological polar surface area (TPSA) is 125 Å². The van der Waals surface area contributed by atoms with Crippen LogP contribution in [0.1, 0.15) is 12.8 Å². The van der Waals surface area contributed by atoms with E-state index in [4.69, 9.17) is 14.9 Å². The number of hydrogen-bond donors (Lipinski definition) is 4. The number of carbonyl (C=O) groups excluding carboxylic acids is 1. The van der Waals surface area contributed by atoms with Gasteiger partial charge in [-0.3, -0.25) is 4.79 Å². The summed E-state index contributed by atoms with van der Waals surface area (Å²) < 4.78 is 5.04. The van der Waals surface area contributed by atoms with Gasteiger partial charge in [0.25, 0.3) is 0 Å². The molecule has 0 radical (unpaired) electrons. The molecule has 0 saturated heterocycles. The van der Waals surface area contributed by atoms with Gasteiger partial charge in [0.2, 0.25) is 0 Å². The highest BCUT2D eigenvalue weighted by atomic mass is 16.5. The van der Waals surface area contributed by atoms with Gasteiger partial charge in [0.15, 0.2) is 0 Å². The predicted molar refractivity (Wildman–Crippen MR) is 73.4 cm³/mol. The number of carbonyl (C=O) groups is 3. The molecule has 8 heteroatoms. The van der Waals surface area contributed by atoms with Gasteiger partial charge in [0.1, 0.15) is 11.8 Å². The van der Waals surface area contributed by atoms with Gasteiger partial charge in [-0.15, -0.1) is 0 Å². The van der Waals surface area contributed by atoms with E-state index in [-0.39, 0.29) is 12.8 Å². The van der Waals surface area contributed by atoms with Crippen LogP contribution in [0.4, 0.5) is 10.5 Å². The van der Waals surface area contributed by atoms with Crippen LogP contribution in [-0.4, -0.2) is 41.3 Å².